The Bertz CT molecular complexity index is 537. The van der Waals surface area contributed by atoms with E-state index in [2.05, 4.69) is 31.3 Å². The normalized spacial score (nSPS) is 10.8. The summed E-state index contributed by atoms with van der Waals surface area (Å²) in [5.74, 6) is 0.428. The third kappa shape index (κ3) is 4.35. The van der Waals surface area contributed by atoms with Crippen molar-refractivity contribution in [2.75, 3.05) is 0 Å². The highest BCUT2D eigenvalue weighted by atomic mass is 19.1. The van der Waals surface area contributed by atoms with Crippen molar-refractivity contribution in [1.29, 1.82) is 0 Å². The summed E-state index contributed by atoms with van der Waals surface area (Å²) in [4.78, 5) is 0. The van der Waals surface area contributed by atoms with Gasteiger partial charge in [0.05, 0.1) is 0 Å². The van der Waals surface area contributed by atoms with E-state index >= 15 is 0 Å². The van der Waals surface area contributed by atoms with Crippen molar-refractivity contribution >= 4 is 0 Å². The van der Waals surface area contributed by atoms with Gasteiger partial charge in [-0.2, -0.15) is 0 Å². The summed E-state index contributed by atoms with van der Waals surface area (Å²) in [6.45, 7) is 5.55. The molecule has 3 heteroatoms. The lowest BCUT2D eigenvalue weighted by molar-refractivity contribution is 0.304. The van der Waals surface area contributed by atoms with Crippen LogP contribution in [0.25, 0.3) is 0 Å². The third-order valence-corrected chi connectivity index (χ3v) is 3.03. The smallest absolute Gasteiger partial charge is 0.123 e. The number of rotatable bonds is 6. The zero-order valence-electron chi connectivity index (χ0n) is 11.9. The molecule has 0 aliphatic carbocycles. The van der Waals surface area contributed by atoms with Crippen molar-refractivity contribution < 1.29 is 9.13 Å². The molecule has 0 saturated heterocycles. The van der Waals surface area contributed by atoms with Gasteiger partial charge in [0.1, 0.15) is 18.2 Å². The number of benzene rings is 2. The van der Waals surface area contributed by atoms with Crippen LogP contribution in [0.5, 0.6) is 5.75 Å². The van der Waals surface area contributed by atoms with E-state index in [0.29, 0.717) is 18.4 Å². The molecule has 0 bridgehead atoms. The first-order valence-electron chi connectivity index (χ1n) is 6.83. The summed E-state index contributed by atoms with van der Waals surface area (Å²) in [6.07, 6.45) is 0. The third-order valence-electron chi connectivity index (χ3n) is 3.03. The van der Waals surface area contributed by atoms with Crippen LogP contribution in [0.4, 0.5) is 4.39 Å². The molecule has 2 rings (SSSR count). The fourth-order valence-electron chi connectivity index (χ4n) is 1.88. The van der Waals surface area contributed by atoms with Crippen LogP contribution in [0.1, 0.15) is 25.0 Å². The minimum Gasteiger partial charge on any atom is -0.489 e. The summed E-state index contributed by atoms with van der Waals surface area (Å²) < 4.78 is 18.5. The number of hydrogen-bond acceptors (Lipinski definition) is 2. The maximum absolute atomic E-state index is 12.8. The van der Waals surface area contributed by atoms with E-state index in [1.165, 1.54) is 17.7 Å². The molecule has 2 aromatic rings. The molecule has 0 amide bonds. The molecule has 2 aromatic carbocycles. The van der Waals surface area contributed by atoms with Crippen molar-refractivity contribution in [1.82, 2.24) is 5.32 Å². The van der Waals surface area contributed by atoms with Gasteiger partial charge in [0.2, 0.25) is 0 Å². The van der Waals surface area contributed by atoms with Crippen LogP contribution >= 0.6 is 0 Å². The van der Waals surface area contributed by atoms with E-state index in [4.69, 9.17) is 4.74 Å². The highest BCUT2D eigenvalue weighted by molar-refractivity contribution is 5.28. The summed E-state index contributed by atoms with van der Waals surface area (Å²) in [7, 11) is 0. The zero-order chi connectivity index (χ0) is 14.4. The minimum atomic E-state index is -0.251. The molecular formula is C17H20FNO. The Morgan fingerprint density at radius 2 is 1.65 bits per heavy atom. The Balaban J connectivity index is 1.99. The minimum absolute atomic E-state index is 0.251. The summed E-state index contributed by atoms with van der Waals surface area (Å²) in [5, 5.41) is 3.40. The number of hydrogen-bond donors (Lipinski definition) is 1. The maximum atomic E-state index is 12.8. The fraction of sp³-hybridized carbons (Fsp3) is 0.294. The van der Waals surface area contributed by atoms with Gasteiger partial charge in [0.25, 0.3) is 0 Å². The van der Waals surface area contributed by atoms with E-state index in [9.17, 15) is 4.39 Å². The van der Waals surface area contributed by atoms with Gasteiger partial charge in [-0.15, -0.1) is 0 Å². The van der Waals surface area contributed by atoms with Crippen molar-refractivity contribution in [2.45, 2.75) is 33.0 Å². The lowest BCUT2D eigenvalue weighted by atomic mass is 10.1. The van der Waals surface area contributed by atoms with Crippen molar-refractivity contribution in [3.63, 3.8) is 0 Å². The first kappa shape index (κ1) is 14.5. The lowest BCUT2D eigenvalue weighted by Crippen LogP contribution is -2.22. The topological polar surface area (TPSA) is 21.3 Å². The second kappa shape index (κ2) is 7.06. The van der Waals surface area contributed by atoms with E-state index in [1.807, 2.05) is 12.1 Å². The Morgan fingerprint density at radius 1 is 1.00 bits per heavy atom. The molecule has 0 aliphatic rings. The predicted octanol–water partition coefficient (Wildman–Crippen LogP) is 3.90. The molecule has 0 fully saturated rings. The fourth-order valence-corrected chi connectivity index (χ4v) is 1.88. The molecule has 0 saturated carbocycles. The van der Waals surface area contributed by atoms with E-state index < -0.39 is 0 Å². The van der Waals surface area contributed by atoms with Gasteiger partial charge in [0.15, 0.2) is 0 Å². The van der Waals surface area contributed by atoms with E-state index in [0.717, 1.165) is 12.1 Å². The Hall–Kier alpha value is -1.87. The van der Waals surface area contributed by atoms with Gasteiger partial charge in [-0.05, 0) is 35.4 Å². The highest BCUT2D eigenvalue weighted by Gasteiger charge is 2.04. The molecule has 106 valence electrons. The van der Waals surface area contributed by atoms with Crippen LogP contribution in [-0.4, -0.2) is 6.04 Å². The average molecular weight is 273 g/mol. The molecule has 0 radical (unpaired) electrons. The molecule has 1 N–H and O–H groups in total. The standard InChI is InChI=1S/C17H20FNO/c1-13(2)19-11-14-5-3-4-6-15(14)12-20-17-9-7-16(18)8-10-17/h3-10,13,19H,11-12H2,1-2H3. The monoisotopic (exact) mass is 273 g/mol. The van der Waals surface area contributed by atoms with Crippen LogP contribution in [0.15, 0.2) is 48.5 Å². The predicted molar refractivity (Wildman–Crippen MR) is 79.1 cm³/mol. The maximum Gasteiger partial charge on any atom is 0.123 e. The molecule has 0 spiro atoms. The Kier molecular flexibility index (Phi) is 5.13. The van der Waals surface area contributed by atoms with Gasteiger partial charge < -0.3 is 10.1 Å². The molecule has 0 atom stereocenters. The number of nitrogens with one attached hydrogen (secondary N) is 1. The lowest BCUT2D eigenvalue weighted by Gasteiger charge is -2.13. The van der Waals surface area contributed by atoms with Crippen molar-refractivity contribution in [3.8, 4) is 5.75 Å². The molecule has 0 aliphatic heterocycles. The first-order valence-corrected chi connectivity index (χ1v) is 6.83. The van der Waals surface area contributed by atoms with Crippen molar-refractivity contribution in [3.05, 3.63) is 65.5 Å². The number of ether oxygens (including phenoxy) is 1. The largest absolute Gasteiger partial charge is 0.489 e. The van der Waals surface area contributed by atoms with Crippen molar-refractivity contribution in [2.24, 2.45) is 0 Å². The summed E-state index contributed by atoms with van der Waals surface area (Å²) in [5.41, 5.74) is 2.37. The highest BCUT2D eigenvalue weighted by Crippen LogP contribution is 2.15. The van der Waals surface area contributed by atoms with Gasteiger partial charge in [0, 0.05) is 12.6 Å². The van der Waals surface area contributed by atoms with Gasteiger partial charge >= 0.3 is 0 Å². The first-order chi connectivity index (χ1) is 9.65. The summed E-state index contributed by atoms with van der Waals surface area (Å²) >= 11 is 0. The second-order valence-corrected chi connectivity index (χ2v) is 5.05. The van der Waals surface area contributed by atoms with Crippen LogP contribution in [0.2, 0.25) is 0 Å². The van der Waals surface area contributed by atoms with Crippen LogP contribution in [-0.2, 0) is 13.2 Å². The molecular weight excluding hydrogens is 253 g/mol. The second-order valence-electron chi connectivity index (χ2n) is 5.05. The van der Waals surface area contributed by atoms with Crippen LogP contribution in [0, 0.1) is 5.82 Å². The van der Waals surface area contributed by atoms with Gasteiger partial charge in [-0.3, -0.25) is 0 Å². The molecule has 20 heavy (non-hydrogen) atoms. The number of halogens is 1. The molecule has 2 nitrogen and oxygen atoms in total. The van der Waals surface area contributed by atoms with E-state index in [-0.39, 0.29) is 5.82 Å². The Labute approximate surface area is 119 Å². The quantitative estimate of drug-likeness (QED) is 0.861. The zero-order valence-corrected chi connectivity index (χ0v) is 11.9. The molecule has 0 heterocycles. The van der Waals surface area contributed by atoms with Gasteiger partial charge in [-0.1, -0.05) is 38.1 Å². The average Bonchev–Trinajstić information content (AvgIpc) is 2.45. The van der Waals surface area contributed by atoms with Crippen LogP contribution in [0.3, 0.4) is 0 Å². The van der Waals surface area contributed by atoms with Crippen LogP contribution < -0.4 is 10.1 Å². The molecule has 0 unspecified atom stereocenters. The SMILES string of the molecule is CC(C)NCc1ccccc1COc1ccc(F)cc1. The van der Waals surface area contributed by atoms with Gasteiger partial charge in [-0.25, -0.2) is 4.39 Å². The van der Waals surface area contributed by atoms with E-state index in [1.54, 1.807) is 12.1 Å². The summed E-state index contributed by atoms with van der Waals surface area (Å²) in [6, 6.07) is 14.7. The molecule has 0 aromatic heterocycles. The Morgan fingerprint density at radius 3 is 2.30 bits per heavy atom.